The Kier molecular flexibility index (Phi) is 14.7. The molecule has 0 amide bonds. The molecule has 0 heterocycles. The summed E-state index contributed by atoms with van der Waals surface area (Å²) < 4.78 is 165. The van der Waals surface area contributed by atoms with E-state index in [0.29, 0.717) is 0 Å². The molecule has 2 saturated carbocycles. The predicted molar refractivity (Wildman–Crippen MR) is 114 cm³/mol. The van der Waals surface area contributed by atoms with Crippen molar-refractivity contribution in [1.82, 2.24) is 0 Å². The van der Waals surface area contributed by atoms with Crippen LogP contribution in [0.5, 0.6) is 0 Å². The first kappa shape index (κ1) is 38.0. The molecule has 0 unspecified atom stereocenters. The molecule has 2 aliphatic rings. The largest absolute Gasteiger partial charge is 0.406 e. The number of alkyl halides is 12. The zero-order valence-corrected chi connectivity index (χ0v) is 23.9. The minimum atomic E-state index is -6.37. The van der Waals surface area contributed by atoms with E-state index in [-0.39, 0.29) is 38.2 Å². The van der Waals surface area contributed by atoms with Crippen LogP contribution in [0.2, 0.25) is 18.1 Å². The van der Waals surface area contributed by atoms with E-state index in [9.17, 15) is 52.7 Å². The number of hydrogen-bond donors (Lipinski definition) is 0. The minimum absolute atomic E-state index is 0. The maximum Gasteiger partial charge on any atom is 0.399 e. The zero-order valence-electron chi connectivity index (χ0n) is 20.5. The van der Waals surface area contributed by atoms with Gasteiger partial charge in [0.05, 0.1) is 0 Å². The minimum Gasteiger partial charge on any atom is -0.406 e. The van der Waals surface area contributed by atoms with Gasteiger partial charge in [-0.25, -0.2) is 0 Å². The molecule has 0 saturated heterocycles. The summed E-state index contributed by atoms with van der Waals surface area (Å²) in [7, 11) is -3.54. The van der Waals surface area contributed by atoms with Crippen LogP contribution >= 0.6 is 0 Å². The summed E-state index contributed by atoms with van der Waals surface area (Å²) in [6.45, 7) is 3.99. The van der Waals surface area contributed by atoms with Gasteiger partial charge in [0.1, 0.15) is 29.8 Å². The van der Waals surface area contributed by atoms with Crippen LogP contribution in [0.3, 0.4) is 0 Å². The monoisotopic (exact) mass is 768 g/mol. The maximum absolute atomic E-state index is 13.4. The van der Waals surface area contributed by atoms with Crippen molar-refractivity contribution >= 4 is 8.32 Å². The smallest absolute Gasteiger partial charge is 0.399 e. The molecule has 0 aliphatic heterocycles. The molecule has 0 N–H and O–H groups in total. The molecule has 0 aromatic carbocycles. The van der Waals surface area contributed by atoms with Crippen molar-refractivity contribution < 1.29 is 77.2 Å². The summed E-state index contributed by atoms with van der Waals surface area (Å²) in [5.74, 6) is -13.1. The van der Waals surface area contributed by atoms with Gasteiger partial charge in [-0.1, -0.05) is 20.8 Å². The van der Waals surface area contributed by atoms with Crippen molar-refractivity contribution in [3.63, 3.8) is 0 Å². The molecular weight excluding hydrogens is 741 g/mol. The van der Waals surface area contributed by atoms with Gasteiger partial charge in [0.2, 0.25) is 0 Å². The normalized spacial score (nSPS) is 20.9. The summed E-state index contributed by atoms with van der Waals surface area (Å²) in [5, 5.41) is 0. The third kappa shape index (κ3) is 10.1. The molecule has 15 heteroatoms. The number of halogens is 12. The molecule has 0 atom stereocenters. The standard InChI is InChI=1S/C15H15F12OSi.C8H12.Ir/c1-4-29(5-2,6-3)28-11-9(14(22,23)24)7(12(16,17)18)8(13(19,20)21)10(11)15(25,26)27;1-2-4-6-8-7-5-3-1;/h4-6H2,1-3H3;1-2,7-8H,3-6H2;. The molecule has 0 spiro atoms. The first-order valence-corrected chi connectivity index (χ1v) is 13.9. The molecule has 10 radical (unpaired) electrons. The van der Waals surface area contributed by atoms with Crippen LogP contribution in [0.4, 0.5) is 52.7 Å². The summed E-state index contributed by atoms with van der Waals surface area (Å²) >= 11 is 0. The van der Waals surface area contributed by atoms with Gasteiger partial charge in [-0.2, -0.15) is 52.7 Å². The summed E-state index contributed by atoms with van der Waals surface area (Å²) in [4.78, 5) is 0. The molecule has 0 bridgehead atoms. The molecule has 38 heavy (non-hydrogen) atoms. The van der Waals surface area contributed by atoms with Crippen molar-refractivity contribution in [3.05, 3.63) is 55.5 Å². The third-order valence-corrected chi connectivity index (χ3v) is 10.4. The van der Waals surface area contributed by atoms with E-state index in [2.05, 4.69) is 25.7 Å². The zero-order chi connectivity index (χ0) is 28.9. The fraction of sp³-hybridized carbons (Fsp3) is 0.609. The van der Waals surface area contributed by atoms with Crippen LogP contribution in [0.15, 0.2) is 0 Å². The summed E-state index contributed by atoms with van der Waals surface area (Å²) in [6, 6.07) is -0.368. The Labute approximate surface area is 230 Å². The van der Waals surface area contributed by atoms with Crippen molar-refractivity contribution in [2.45, 2.75) is 89.3 Å². The number of rotatable bonds is 5. The first-order valence-electron chi connectivity index (χ1n) is 11.4. The topological polar surface area (TPSA) is 9.23 Å². The third-order valence-electron chi connectivity index (χ3n) is 5.92. The van der Waals surface area contributed by atoms with E-state index in [4.69, 9.17) is 4.43 Å². The van der Waals surface area contributed by atoms with Crippen molar-refractivity contribution in [2.24, 2.45) is 0 Å². The number of hydrogen-bond acceptors (Lipinski definition) is 1. The Morgan fingerprint density at radius 3 is 0.947 bits per heavy atom. The van der Waals surface area contributed by atoms with Crippen molar-refractivity contribution in [3.8, 4) is 0 Å². The van der Waals surface area contributed by atoms with Gasteiger partial charge < -0.3 is 4.43 Å². The van der Waals surface area contributed by atoms with Gasteiger partial charge in [0.15, 0.2) is 8.32 Å². The Bertz CT molecular complexity index is 603. The SMILES string of the molecule is CC[Si](CC)(CC)O[C]1[C](C(F)(F)F)[C](C(F)(F)F)[C](C(F)(F)F)[C]1C(F)(F)F.[CH]1[CH]CC[CH][CH]CC1.[Ir]. The van der Waals surface area contributed by atoms with Gasteiger partial charge in [0.25, 0.3) is 0 Å². The van der Waals surface area contributed by atoms with Crippen molar-refractivity contribution in [2.75, 3.05) is 0 Å². The van der Waals surface area contributed by atoms with E-state index in [1.165, 1.54) is 46.5 Å². The van der Waals surface area contributed by atoms with E-state index in [0.717, 1.165) is 0 Å². The molecule has 222 valence electrons. The summed E-state index contributed by atoms with van der Waals surface area (Å²) in [5.41, 5.74) is 0. The maximum atomic E-state index is 13.4. The van der Waals surface area contributed by atoms with Crippen LogP contribution in [-0.4, -0.2) is 33.0 Å². The molecule has 0 aromatic rings. The average Bonchev–Trinajstić information content (AvgIpc) is 3.08. The van der Waals surface area contributed by atoms with Crippen LogP contribution < -0.4 is 0 Å². The molecule has 2 aliphatic carbocycles. The van der Waals surface area contributed by atoms with Crippen LogP contribution in [0.25, 0.3) is 0 Å². The Morgan fingerprint density at radius 2 is 0.763 bits per heavy atom. The average molecular weight is 768 g/mol. The van der Waals surface area contributed by atoms with Crippen LogP contribution in [0, 0.1) is 55.5 Å². The van der Waals surface area contributed by atoms with Crippen molar-refractivity contribution in [1.29, 1.82) is 0 Å². The molecule has 0 aromatic heterocycles. The van der Waals surface area contributed by atoms with Gasteiger partial charge in [-0.05, 0) is 69.5 Å². The molecule has 2 fully saturated rings. The van der Waals surface area contributed by atoms with Gasteiger partial charge in [-0.15, -0.1) is 0 Å². The second-order valence-electron chi connectivity index (χ2n) is 8.26. The fourth-order valence-electron chi connectivity index (χ4n) is 3.85. The predicted octanol–water partition coefficient (Wildman–Crippen LogP) is 9.48. The molecule has 1 nitrogen and oxygen atoms in total. The quantitative estimate of drug-likeness (QED) is 0.200. The molecular formula is C23H27F12IrOSi. The second kappa shape index (κ2) is 14.7. The van der Waals surface area contributed by atoms with E-state index in [1.54, 1.807) is 0 Å². The van der Waals surface area contributed by atoms with E-state index < -0.39 is 62.8 Å². The van der Waals surface area contributed by atoms with Gasteiger partial charge in [0, 0.05) is 20.1 Å². The van der Waals surface area contributed by atoms with E-state index >= 15 is 0 Å². The Hall–Kier alpha value is -0.0138. The second-order valence-corrected chi connectivity index (χ2v) is 13.0. The van der Waals surface area contributed by atoms with E-state index in [1.807, 2.05) is 0 Å². The summed E-state index contributed by atoms with van der Waals surface area (Å²) in [6.07, 6.45) is -13.5. The fourth-order valence-corrected chi connectivity index (χ4v) is 6.42. The van der Waals surface area contributed by atoms with Crippen LogP contribution in [0.1, 0.15) is 46.5 Å². The van der Waals surface area contributed by atoms with Gasteiger partial charge in [-0.3, -0.25) is 0 Å². The van der Waals surface area contributed by atoms with Crippen LogP contribution in [-0.2, 0) is 24.5 Å². The first-order chi connectivity index (χ1) is 16.8. The Balaban J connectivity index is 0.00000129. The Morgan fingerprint density at radius 1 is 0.526 bits per heavy atom. The van der Waals surface area contributed by atoms with Gasteiger partial charge >= 0.3 is 24.7 Å². The molecule has 2 rings (SSSR count).